The standard InChI is InChI=1S/C24H33N5O3/c1-19-4-3-5-21(16-19)18-25-27-23-17-22(29-9-13-31-14-10-29)20(2)24(26-23)32-15-8-28-6-11-30-12-7-28/h3-5,16-17H,6-15,18H2,1-2H3. The molecule has 0 radical (unpaired) electrons. The Balaban J connectivity index is 1.48. The minimum Gasteiger partial charge on any atom is -0.476 e. The Bertz CT molecular complexity index is 909. The maximum absolute atomic E-state index is 6.14. The van der Waals surface area contributed by atoms with Crippen molar-refractivity contribution < 1.29 is 14.2 Å². The van der Waals surface area contributed by atoms with Crippen molar-refractivity contribution in [3.8, 4) is 5.88 Å². The molecule has 8 nitrogen and oxygen atoms in total. The number of benzene rings is 1. The van der Waals surface area contributed by atoms with Gasteiger partial charge >= 0.3 is 0 Å². The van der Waals surface area contributed by atoms with Crippen molar-refractivity contribution in [2.24, 2.45) is 10.2 Å². The minimum atomic E-state index is 0.525. The number of pyridine rings is 1. The van der Waals surface area contributed by atoms with Crippen LogP contribution in [0.3, 0.4) is 0 Å². The van der Waals surface area contributed by atoms with E-state index in [0.717, 1.165) is 76.0 Å². The average Bonchev–Trinajstić information content (AvgIpc) is 2.82. The van der Waals surface area contributed by atoms with Gasteiger partial charge in [0.1, 0.15) is 6.61 Å². The highest BCUT2D eigenvalue weighted by molar-refractivity contribution is 5.61. The van der Waals surface area contributed by atoms with E-state index in [-0.39, 0.29) is 0 Å². The number of hydrogen-bond acceptors (Lipinski definition) is 8. The first kappa shape index (κ1) is 22.6. The highest BCUT2D eigenvalue weighted by Crippen LogP contribution is 2.32. The Morgan fingerprint density at radius 1 is 1.00 bits per heavy atom. The van der Waals surface area contributed by atoms with Crippen molar-refractivity contribution in [1.82, 2.24) is 9.88 Å². The Morgan fingerprint density at radius 3 is 2.50 bits per heavy atom. The maximum Gasteiger partial charge on any atom is 0.220 e. The van der Waals surface area contributed by atoms with E-state index in [1.54, 1.807) is 0 Å². The van der Waals surface area contributed by atoms with E-state index in [4.69, 9.17) is 14.2 Å². The second-order valence-electron chi connectivity index (χ2n) is 8.22. The number of nitrogens with zero attached hydrogens (tertiary/aromatic N) is 5. The quantitative estimate of drug-likeness (QED) is 0.586. The van der Waals surface area contributed by atoms with Crippen LogP contribution >= 0.6 is 0 Å². The van der Waals surface area contributed by atoms with E-state index in [0.29, 0.717) is 24.8 Å². The molecule has 1 aromatic carbocycles. The van der Waals surface area contributed by atoms with Gasteiger partial charge in [-0.1, -0.05) is 29.8 Å². The van der Waals surface area contributed by atoms with Gasteiger partial charge in [-0.2, -0.15) is 10.1 Å². The third-order valence-electron chi connectivity index (χ3n) is 5.80. The fourth-order valence-electron chi connectivity index (χ4n) is 3.98. The molecule has 2 aliphatic rings. The molecule has 2 aliphatic heterocycles. The highest BCUT2D eigenvalue weighted by atomic mass is 16.5. The van der Waals surface area contributed by atoms with Gasteiger partial charge < -0.3 is 19.1 Å². The summed E-state index contributed by atoms with van der Waals surface area (Å²) in [5.41, 5.74) is 4.48. The van der Waals surface area contributed by atoms with Gasteiger partial charge in [0.25, 0.3) is 0 Å². The molecule has 2 aromatic rings. The van der Waals surface area contributed by atoms with Crippen LogP contribution in [0.5, 0.6) is 5.88 Å². The van der Waals surface area contributed by atoms with Gasteiger partial charge in [-0.05, 0) is 19.4 Å². The molecule has 0 amide bonds. The van der Waals surface area contributed by atoms with Crippen LogP contribution in [0.1, 0.15) is 16.7 Å². The summed E-state index contributed by atoms with van der Waals surface area (Å²) < 4.78 is 17.1. The van der Waals surface area contributed by atoms with E-state index in [1.165, 1.54) is 5.56 Å². The number of morpholine rings is 2. The average molecular weight is 440 g/mol. The van der Waals surface area contributed by atoms with Crippen LogP contribution in [0.4, 0.5) is 11.5 Å². The van der Waals surface area contributed by atoms with Crippen molar-refractivity contribution in [2.45, 2.75) is 20.4 Å². The summed E-state index contributed by atoms with van der Waals surface area (Å²) in [6, 6.07) is 10.3. The van der Waals surface area contributed by atoms with E-state index < -0.39 is 0 Å². The summed E-state index contributed by atoms with van der Waals surface area (Å²) in [6.07, 6.45) is 0. The van der Waals surface area contributed by atoms with Crippen LogP contribution in [0, 0.1) is 13.8 Å². The zero-order valence-corrected chi connectivity index (χ0v) is 19.1. The lowest BCUT2D eigenvalue weighted by Gasteiger charge is -2.30. The SMILES string of the molecule is Cc1cccc(CN=Nc2cc(N3CCOCC3)c(C)c(OCCN3CCOCC3)n2)c1. The molecule has 0 atom stereocenters. The molecule has 2 fully saturated rings. The molecule has 0 aliphatic carbocycles. The molecule has 2 saturated heterocycles. The van der Waals surface area contributed by atoms with Crippen molar-refractivity contribution in [1.29, 1.82) is 0 Å². The summed E-state index contributed by atoms with van der Waals surface area (Å²) in [5.74, 6) is 1.21. The van der Waals surface area contributed by atoms with Crippen molar-refractivity contribution >= 4 is 11.5 Å². The Labute approximate surface area is 190 Å². The largest absolute Gasteiger partial charge is 0.476 e. The summed E-state index contributed by atoms with van der Waals surface area (Å²) in [6.45, 7) is 12.7. The van der Waals surface area contributed by atoms with Crippen molar-refractivity contribution in [3.63, 3.8) is 0 Å². The molecule has 172 valence electrons. The van der Waals surface area contributed by atoms with Crippen LogP contribution in [0.2, 0.25) is 0 Å². The molecule has 0 bridgehead atoms. The van der Waals surface area contributed by atoms with Crippen LogP contribution in [-0.4, -0.2) is 75.6 Å². The normalized spacial score (nSPS) is 17.8. The lowest BCUT2D eigenvalue weighted by molar-refractivity contribution is 0.0319. The van der Waals surface area contributed by atoms with Gasteiger partial charge in [0, 0.05) is 50.0 Å². The monoisotopic (exact) mass is 439 g/mol. The Morgan fingerprint density at radius 2 is 1.75 bits per heavy atom. The van der Waals surface area contributed by atoms with Crippen LogP contribution < -0.4 is 9.64 Å². The number of azo groups is 1. The number of ether oxygens (including phenoxy) is 3. The first-order chi connectivity index (χ1) is 15.7. The van der Waals surface area contributed by atoms with Gasteiger partial charge in [0.05, 0.1) is 33.0 Å². The lowest BCUT2D eigenvalue weighted by atomic mass is 10.1. The molecule has 0 unspecified atom stereocenters. The first-order valence-corrected chi connectivity index (χ1v) is 11.4. The van der Waals surface area contributed by atoms with E-state index in [1.807, 2.05) is 12.1 Å². The molecule has 32 heavy (non-hydrogen) atoms. The number of anilines is 1. The van der Waals surface area contributed by atoms with E-state index in [2.05, 4.69) is 57.1 Å². The summed E-state index contributed by atoms with van der Waals surface area (Å²) in [4.78, 5) is 9.34. The number of aromatic nitrogens is 1. The second-order valence-corrected chi connectivity index (χ2v) is 8.22. The number of rotatable bonds is 8. The van der Waals surface area contributed by atoms with Gasteiger partial charge in [-0.3, -0.25) is 4.90 Å². The second kappa shape index (κ2) is 11.4. The highest BCUT2D eigenvalue weighted by Gasteiger charge is 2.19. The predicted octanol–water partition coefficient (Wildman–Crippen LogP) is 3.53. The fraction of sp³-hybridized carbons (Fsp3) is 0.542. The molecule has 1 aromatic heterocycles. The summed E-state index contributed by atoms with van der Waals surface area (Å²) >= 11 is 0. The van der Waals surface area contributed by atoms with Crippen LogP contribution in [-0.2, 0) is 16.0 Å². The zero-order chi connectivity index (χ0) is 22.2. The molecule has 4 rings (SSSR count). The summed E-state index contributed by atoms with van der Waals surface area (Å²) in [5, 5.41) is 8.84. The maximum atomic E-state index is 6.14. The smallest absolute Gasteiger partial charge is 0.220 e. The number of hydrogen-bond donors (Lipinski definition) is 0. The molecule has 0 spiro atoms. The molecular formula is C24H33N5O3. The molecule has 3 heterocycles. The van der Waals surface area contributed by atoms with E-state index in [9.17, 15) is 0 Å². The minimum absolute atomic E-state index is 0.525. The van der Waals surface area contributed by atoms with Gasteiger partial charge in [0.2, 0.25) is 5.88 Å². The topological polar surface area (TPSA) is 71.8 Å². The summed E-state index contributed by atoms with van der Waals surface area (Å²) in [7, 11) is 0. The Kier molecular flexibility index (Phi) is 8.03. The number of aryl methyl sites for hydroxylation is 1. The predicted molar refractivity (Wildman–Crippen MR) is 124 cm³/mol. The molecular weight excluding hydrogens is 406 g/mol. The first-order valence-electron chi connectivity index (χ1n) is 11.4. The molecule has 8 heteroatoms. The van der Waals surface area contributed by atoms with Crippen molar-refractivity contribution in [3.05, 3.63) is 47.0 Å². The Hall–Kier alpha value is -2.55. The molecule has 0 saturated carbocycles. The third kappa shape index (κ3) is 6.25. The fourth-order valence-corrected chi connectivity index (χ4v) is 3.98. The van der Waals surface area contributed by atoms with Crippen LogP contribution in [0.15, 0.2) is 40.6 Å². The van der Waals surface area contributed by atoms with Crippen LogP contribution in [0.25, 0.3) is 0 Å². The van der Waals surface area contributed by atoms with Gasteiger partial charge in [0.15, 0.2) is 5.82 Å². The zero-order valence-electron chi connectivity index (χ0n) is 19.1. The lowest BCUT2D eigenvalue weighted by Crippen LogP contribution is -2.38. The third-order valence-corrected chi connectivity index (χ3v) is 5.80. The van der Waals surface area contributed by atoms with Gasteiger partial charge in [-0.25, -0.2) is 0 Å². The van der Waals surface area contributed by atoms with Gasteiger partial charge in [-0.15, -0.1) is 5.11 Å². The molecule has 0 N–H and O–H groups in total. The van der Waals surface area contributed by atoms with E-state index >= 15 is 0 Å². The van der Waals surface area contributed by atoms with Crippen molar-refractivity contribution in [2.75, 3.05) is 70.7 Å².